The molecule has 0 bridgehead atoms. The van der Waals surface area contributed by atoms with Crippen molar-refractivity contribution in [2.45, 2.75) is 51.6 Å². The van der Waals surface area contributed by atoms with Gasteiger partial charge in [0.1, 0.15) is 5.82 Å². The lowest BCUT2D eigenvalue weighted by Crippen LogP contribution is -2.36. The summed E-state index contributed by atoms with van der Waals surface area (Å²) in [6.07, 6.45) is 2.96. The lowest BCUT2D eigenvalue weighted by atomic mass is 9.74. The summed E-state index contributed by atoms with van der Waals surface area (Å²) in [5, 5.41) is 17.8. The van der Waals surface area contributed by atoms with Crippen molar-refractivity contribution in [3.8, 4) is 11.1 Å². The molecule has 0 saturated carbocycles. The molecule has 0 aromatic heterocycles. The number of hydrogen-bond donors (Lipinski definition) is 3. The van der Waals surface area contributed by atoms with Crippen LogP contribution in [0.1, 0.15) is 50.7 Å². The second kappa shape index (κ2) is 12.6. The van der Waals surface area contributed by atoms with Crippen molar-refractivity contribution in [2.75, 3.05) is 27.2 Å². The average molecular weight is 445 g/mol. The van der Waals surface area contributed by atoms with Crippen molar-refractivity contribution < 1.29 is 19.0 Å². The summed E-state index contributed by atoms with van der Waals surface area (Å²) < 4.78 is 19.8. The predicted octanol–water partition coefficient (Wildman–Crippen LogP) is 5.01. The fraction of sp³-hybridized carbons (Fsp3) is 0.500. The highest BCUT2D eigenvalue weighted by Gasteiger charge is 2.37. The van der Waals surface area contributed by atoms with E-state index in [0.717, 1.165) is 36.9 Å². The number of hydrogen-bond acceptors (Lipinski definition) is 4. The summed E-state index contributed by atoms with van der Waals surface area (Å²) in [5.41, 5.74) is 1.69. The van der Waals surface area contributed by atoms with Gasteiger partial charge in [0.2, 0.25) is 0 Å². The highest BCUT2D eigenvalue weighted by atomic mass is 19.1. The van der Waals surface area contributed by atoms with E-state index in [0.29, 0.717) is 30.5 Å². The third-order valence-corrected chi connectivity index (χ3v) is 6.17. The Balaban J connectivity index is 2.45. The van der Waals surface area contributed by atoms with Gasteiger partial charge in [0.05, 0.1) is 12.7 Å². The highest BCUT2D eigenvalue weighted by Crippen LogP contribution is 2.42. The first-order valence-electron chi connectivity index (χ1n) is 11.4. The van der Waals surface area contributed by atoms with Crippen LogP contribution in [0.4, 0.5) is 9.18 Å². The summed E-state index contributed by atoms with van der Waals surface area (Å²) in [4.78, 5) is 11.4. The monoisotopic (exact) mass is 444 g/mol. The number of ether oxygens (including phenoxy) is 1. The van der Waals surface area contributed by atoms with Crippen LogP contribution >= 0.6 is 0 Å². The van der Waals surface area contributed by atoms with Crippen molar-refractivity contribution in [3.05, 3.63) is 59.4 Å². The SMILES string of the molecule is CCc1cccc(-c2c(F)cccc2C(O)(CCCNC(=O)OC)C(C)CCCNC)c1. The van der Waals surface area contributed by atoms with Gasteiger partial charge in [-0.2, -0.15) is 0 Å². The van der Waals surface area contributed by atoms with Gasteiger partial charge in [-0.05, 0) is 74.4 Å². The van der Waals surface area contributed by atoms with Crippen LogP contribution in [0.25, 0.3) is 11.1 Å². The van der Waals surface area contributed by atoms with Gasteiger partial charge in [0.15, 0.2) is 0 Å². The molecule has 32 heavy (non-hydrogen) atoms. The van der Waals surface area contributed by atoms with E-state index in [1.54, 1.807) is 6.07 Å². The second-order valence-corrected chi connectivity index (χ2v) is 8.31. The van der Waals surface area contributed by atoms with Crippen LogP contribution in [0, 0.1) is 11.7 Å². The molecule has 0 heterocycles. The van der Waals surface area contributed by atoms with Crippen molar-refractivity contribution >= 4 is 6.09 Å². The summed E-state index contributed by atoms with van der Waals surface area (Å²) >= 11 is 0. The van der Waals surface area contributed by atoms with Crippen LogP contribution in [0.5, 0.6) is 0 Å². The molecule has 2 aromatic carbocycles. The summed E-state index contributed by atoms with van der Waals surface area (Å²) in [6, 6.07) is 12.8. The zero-order valence-corrected chi connectivity index (χ0v) is 19.7. The number of nitrogens with one attached hydrogen (secondary N) is 2. The van der Waals surface area contributed by atoms with Crippen LogP contribution in [0.15, 0.2) is 42.5 Å². The lowest BCUT2D eigenvalue weighted by molar-refractivity contribution is -0.0302. The largest absolute Gasteiger partial charge is 0.453 e. The Labute approximate surface area is 191 Å². The normalized spacial score (nSPS) is 13.9. The molecule has 176 valence electrons. The number of amides is 1. The van der Waals surface area contributed by atoms with Crippen molar-refractivity contribution in [3.63, 3.8) is 0 Å². The zero-order chi connectivity index (χ0) is 23.6. The standard InChI is InChI=1S/C26H37FN2O3/c1-5-20-11-6-12-21(18-20)24-22(13-7-14-23(24)27)26(31,19(2)10-8-16-28-3)15-9-17-29-25(30)32-4/h6-7,11-14,18-19,28,31H,5,8-10,15-17H2,1-4H3,(H,29,30). The van der Waals surface area contributed by atoms with Gasteiger partial charge >= 0.3 is 6.09 Å². The molecule has 2 aromatic rings. The van der Waals surface area contributed by atoms with E-state index in [9.17, 15) is 9.90 Å². The molecule has 3 N–H and O–H groups in total. The number of aliphatic hydroxyl groups is 1. The molecule has 0 spiro atoms. The molecule has 2 rings (SSSR count). The van der Waals surface area contributed by atoms with Crippen molar-refractivity contribution in [1.82, 2.24) is 10.6 Å². The van der Waals surface area contributed by atoms with Gasteiger partial charge in [0, 0.05) is 12.1 Å². The molecule has 0 saturated heterocycles. The third-order valence-electron chi connectivity index (χ3n) is 6.17. The first kappa shape index (κ1) is 25.8. The van der Waals surface area contributed by atoms with Gasteiger partial charge in [-0.25, -0.2) is 9.18 Å². The number of carbonyl (C=O) groups excluding carboxylic acids is 1. The number of carbonyl (C=O) groups is 1. The minimum absolute atomic E-state index is 0.108. The molecule has 0 radical (unpaired) electrons. The number of rotatable bonds is 12. The summed E-state index contributed by atoms with van der Waals surface area (Å²) in [5.74, 6) is -0.451. The highest BCUT2D eigenvalue weighted by molar-refractivity contribution is 5.70. The van der Waals surface area contributed by atoms with E-state index in [-0.39, 0.29) is 11.7 Å². The van der Waals surface area contributed by atoms with Crippen LogP contribution in [-0.4, -0.2) is 38.4 Å². The van der Waals surface area contributed by atoms with Crippen molar-refractivity contribution in [1.29, 1.82) is 0 Å². The van der Waals surface area contributed by atoms with Gasteiger partial charge in [-0.3, -0.25) is 0 Å². The van der Waals surface area contributed by atoms with Gasteiger partial charge in [0.25, 0.3) is 0 Å². The number of benzene rings is 2. The molecule has 0 aliphatic heterocycles. The van der Waals surface area contributed by atoms with E-state index in [4.69, 9.17) is 0 Å². The minimum Gasteiger partial charge on any atom is -0.453 e. The smallest absolute Gasteiger partial charge is 0.406 e. The number of aryl methyl sites for hydroxylation is 1. The topological polar surface area (TPSA) is 70.6 Å². The minimum atomic E-state index is -1.24. The lowest BCUT2D eigenvalue weighted by Gasteiger charge is -2.37. The maximum absolute atomic E-state index is 15.2. The Morgan fingerprint density at radius 1 is 1.19 bits per heavy atom. The summed E-state index contributed by atoms with van der Waals surface area (Å²) in [6.45, 7) is 5.30. The molecule has 1 amide bonds. The first-order chi connectivity index (χ1) is 15.4. The summed E-state index contributed by atoms with van der Waals surface area (Å²) in [7, 11) is 3.22. The molecule has 5 nitrogen and oxygen atoms in total. The molecule has 0 fully saturated rings. The van der Waals surface area contributed by atoms with E-state index in [1.165, 1.54) is 13.2 Å². The molecule has 6 heteroatoms. The Morgan fingerprint density at radius 2 is 1.94 bits per heavy atom. The Kier molecular flexibility index (Phi) is 10.1. The maximum atomic E-state index is 15.2. The van der Waals surface area contributed by atoms with Crippen molar-refractivity contribution in [2.24, 2.45) is 5.92 Å². The van der Waals surface area contributed by atoms with Crippen LogP contribution < -0.4 is 10.6 Å². The quantitative estimate of drug-likeness (QED) is 0.402. The molecular formula is C26H37FN2O3. The number of alkyl carbamates (subject to hydrolysis) is 1. The zero-order valence-electron chi connectivity index (χ0n) is 19.7. The predicted molar refractivity (Wildman–Crippen MR) is 127 cm³/mol. The Hall–Kier alpha value is -2.44. The van der Waals surface area contributed by atoms with Gasteiger partial charge < -0.3 is 20.5 Å². The van der Waals surface area contributed by atoms with E-state index in [1.807, 2.05) is 44.3 Å². The molecule has 2 atom stereocenters. The second-order valence-electron chi connectivity index (χ2n) is 8.31. The molecule has 0 aliphatic rings. The third kappa shape index (κ3) is 6.53. The molecular weight excluding hydrogens is 407 g/mol. The van der Waals surface area contributed by atoms with Crippen LogP contribution in [0.3, 0.4) is 0 Å². The Bertz CT molecular complexity index is 874. The molecule has 2 unspecified atom stereocenters. The van der Waals surface area contributed by atoms with E-state index >= 15 is 4.39 Å². The van der Waals surface area contributed by atoms with Crippen LogP contribution in [-0.2, 0) is 16.8 Å². The Morgan fingerprint density at radius 3 is 2.62 bits per heavy atom. The van der Waals surface area contributed by atoms with Gasteiger partial charge in [-0.15, -0.1) is 0 Å². The fourth-order valence-corrected chi connectivity index (χ4v) is 4.22. The fourth-order valence-electron chi connectivity index (χ4n) is 4.22. The van der Waals surface area contributed by atoms with E-state index in [2.05, 4.69) is 22.3 Å². The maximum Gasteiger partial charge on any atom is 0.406 e. The van der Waals surface area contributed by atoms with Gasteiger partial charge in [-0.1, -0.05) is 50.2 Å². The molecule has 0 aliphatic carbocycles. The van der Waals surface area contributed by atoms with E-state index < -0.39 is 11.7 Å². The number of halogens is 1. The van der Waals surface area contributed by atoms with Crippen LogP contribution in [0.2, 0.25) is 0 Å². The number of methoxy groups -OCH3 is 1. The average Bonchev–Trinajstić information content (AvgIpc) is 2.81. The first-order valence-corrected chi connectivity index (χ1v) is 11.4.